The van der Waals surface area contributed by atoms with Crippen LogP contribution in [0.3, 0.4) is 0 Å². The molecule has 0 radical (unpaired) electrons. The molecule has 1 atom stereocenters. The summed E-state index contributed by atoms with van der Waals surface area (Å²) < 4.78 is 18.1. The molecule has 5 heteroatoms. The molecular weight excluding hydrogens is 293 g/mol. The molecule has 0 aliphatic rings. The van der Waals surface area contributed by atoms with Crippen molar-refractivity contribution >= 4 is 24.8 Å². The molecule has 2 rings (SSSR count). The number of anilines is 1. The quantitative estimate of drug-likeness (QED) is 0.782. The number of halogens is 1. The zero-order valence-electron chi connectivity index (χ0n) is 11.7. The second-order valence-electron chi connectivity index (χ2n) is 4.82. The van der Waals surface area contributed by atoms with Crippen molar-refractivity contribution in [3.05, 3.63) is 58.6 Å². The Kier molecular flexibility index (Phi) is 4.42. The number of rotatable bonds is 4. The van der Waals surface area contributed by atoms with Crippen LogP contribution in [0.25, 0.3) is 0 Å². The lowest BCUT2D eigenvalue weighted by atomic mass is 10.1. The first-order chi connectivity index (χ1) is 9.35. The summed E-state index contributed by atoms with van der Waals surface area (Å²) in [5.74, 6) is 0.526. The lowest BCUT2D eigenvalue weighted by Crippen LogP contribution is -2.03. The van der Waals surface area contributed by atoms with E-state index in [0.29, 0.717) is 10.8 Å². The zero-order chi connectivity index (χ0) is 14.8. The monoisotopic (exact) mass is 309 g/mol. The van der Waals surface area contributed by atoms with Crippen molar-refractivity contribution in [2.45, 2.75) is 13.8 Å². The van der Waals surface area contributed by atoms with Crippen LogP contribution < -0.4 is 9.61 Å². The van der Waals surface area contributed by atoms with E-state index >= 15 is 0 Å². The third-order valence-corrected chi connectivity index (χ3v) is 4.27. The molecule has 2 aromatic rings. The minimum absolute atomic E-state index is 0.526. The molecule has 0 heterocycles. The fraction of sp³-hybridized carbons (Fsp3) is 0.200. The lowest BCUT2D eigenvalue weighted by Gasteiger charge is -2.19. The summed E-state index contributed by atoms with van der Waals surface area (Å²) >= 11 is 5.81. The second kappa shape index (κ2) is 5.90. The van der Waals surface area contributed by atoms with Crippen molar-refractivity contribution in [3.63, 3.8) is 0 Å². The molecule has 20 heavy (non-hydrogen) atoms. The van der Waals surface area contributed by atoms with Gasteiger partial charge in [0.25, 0.3) is 0 Å². The lowest BCUT2D eigenvalue weighted by molar-refractivity contribution is 0.493. The average Bonchev–Trinajstić information content (AvgIpc) is 2.36. The van der Waals surface area contributed by atoms with Crippen molar-refractivity contribution < 1.29 is 9.09 Å². The van der Waals surface area contributed by atoms with Crippen LogP contribution >= 0.6 is 19.1 Å². The Balaban J connectivity index is 2.16. The van der Waals surface area contributed by atoms with Crippen molar-refractivity contribution in [2.24, 2.45) is 0 Å². The van der Waals surface area contributed by atoms with Crippen LogP contribution in [0.5, 0.6) is 5.75 Å². The Morgan fingerprint density at radius 2 is 1.75 bits per heavy atom. The molecule has 2 aromatic carbocycles. The molecule has 106 valence electrons. The standard InChI is InChI=1S/C15H17ClNO2P/c1-11-4-5-12(2)15(10-11)17-20(3,18)19-14-8-6-13(16)7-9-14/h4-10H,1-3H3,(H,17,18)/t20-/m0/s1. The van der Waals surface area contributed by atoms with Gasteiger partial charge in [0, 0.05) is 17.4 Å². The SMILES string of the molecule is Cc1ccc(C)c(N[P@@](C)(=O)Oc2ccc(Cl)cc2)c1. The third kappa shape index (κ3) is 4.03. The van der Waals surface area contributed by atoms with Crippen molar-refractivity contribution in [1.29, 1.82) is 0 Å². The molecule has 0 aliphatic heterocycles. The first kappa shape index (κ1) is 15.0. The average molecular weight is 310 g/mol. The van der Waals surface area contributed by atoms with Gasteiger partial charge in [0.15, 0.2) is 0 Å². The molecule has 0 amide bonds. The molecular formula is C15H17ClNO2P. The summed E-state index contributed by atoms with van der Waals surface area (Å²) in [4.78, 5) is 0. The summed E-state index contributed by atoms with van der Waals surface area (Å²) in [5.41, 5.74) is 2.95. The van der Waals surface area contributed by atoms with E-state index in [1.54, 1.807) is 30.9 Å². The topological polar surface area (TPSA) is 38.3 Å². The highest BCUT2D eigenvalue weighted by Crippen LogP contribution is 2.44. The van der Waals surface area contributed by atoms with E-state index in [1.807, 2.05) is 32.0 Å². The number of aryl methyl sites for hydroxylation is 2. The van der Waals surface area contributed by atoms with Crippen LogP contribution in [0.4, 0.5) is 5.69 Å². The van der Waals surface area contributed by atoms with Crippen molar-refractivity contribution in [3.8, 4) is 5.75 Å². The maximum absolute atomic E-state index is 12.5. The van der Waals surface area contributed by atoms with Crippen LogP contribution in [0.1, 0.15) is 11.1 Å². The molecule has 0 fully saturated rings. The van der Waals surface area contributed by atoms with Gasteiger partial charge in [0.1, 0.15) is 5.75 Å². The van der Waals surface area contributed by atoms with Crippen molar-refractivity contribution in [2.75, 3.05) is 11.8 Å². The van der Waals surface area contributed by atoms with E-state index in [2.05, 4.69) is 5.09 Å². The van der Waals surface area contributed by atoms with E-state index in [0.717, 1.165) is 16.8 Å². The Morgan fingerprint density at radius 3 is 2.40 bits per heavy atom. The fourth-order valence-corrected chi connectivity index (χ4v) is 3.17. The number of nitrogens with one attached hydrogen (secondary N) is 1. The van der Waals surface area contributed by atoms with Crippen LogP contribution in [-0.2, 0) is 4.57 Å². The zero-order valence-corrected chi connectivity index (χ0v) is 13.3. The predicted molar refractivity (Wildman–Crippen MR) is 85.1 cm³/mol. The van der Waals surface area contributed by atoms with Crippen LogP contribution in [0.15, 0.2) is 42.5 Å². The predicted octanol–water partition coefficient (Wildman–Crippen LogP) is 5.27. The molecule has 0 unspecified atom stereocenters. The third-order valence-electron chi connectivity index (χ3n) is 2.81. The van der Waals surface area contributed by atoms with E-state index in [4.69, 9.17) is 16.1 Å². The van der Waals surface area contributed by atoms with Gasteiger partial charge >= 0.3 is 7.52 Å². The van der Waals surface area contributed by atoms with Crippen molar-refractivity contribution in [1.82, 2.24) is 0 Å². The molecule has 0 aliphatic carbocycles. The van der Waals surface area contributed by atoms with Crippen LogP contribution in [-0.4, -0.2) is 6.66 Å². The molecule has 0 spiro atoms. The molecule has 0 saturated carbocycles. The van der Waals surface area contributed by atoms with Gasteiger partial charge in [-0.05, 0) is 55.3 Å². The Morgan fingerprint density at radius 1 is 1.10 bits per heavy atom. The fourth-order valence-electron chi connectivity index (χ4n) is 1.79. The maximum atomic E-state index is 12.5. The number of hydrogen-bond acceptors (Lipinski definition) is 2. The molecule has 0 aromatic heterocycles. The minimum Gasteiger partial charge on any atom is -0.429 e. The Hall–Kier alpha value is -1.44. The summed E-state index contributed by atoms with van der Waals surface area (Å²) in [6.07, 6.45) is 0. The van der Waals surface area contributed by atoms with Gasteiger partial charge in [-0.1, -0.05) is 23.7 Å². The molecule has 1 N–H and O–H groups in total. The Bertz CT molecular complexity index is 655. The number of hydrogen-bond donors (Lipinski definition) is 1. The molecule has 3 nitrogen and oxygen atoms in total. The summed E-state index contributed by atoms with van der Waals surface area (Å²) in [6, 6.07) is 12.8. The van der Waals surface area contributed by atoms with Gasteiger partial charge in [0.05, 0.1) is 0 Å². The molecule has 0 bridgehead atoms. The summed E-state index contributed by atoms with van der Waals surface area (Å²) in [5, 5.41) is 3.61. The van der Waals surface area contributed by atoms with E-state index in [-0.39, 0.29) is 0 Å². The summed E-state index contributed by atoms with van der Waals surface area (Å²) in [7, 11) is -2.99. The van der Waals surface area contributed by atoms with Crippen LogP contribution in [0, 0.1) is 13.8 Å². The van der Waals surface area contributed by atoms with Gasteiger partial charge in [-0.3, -0.25) is 4.57 Å². The first-order valence-corrected chi connectivity index (χ1v) is 8.69. The highest BCUT2D eigenvalue weighted by Gasteiger charge is 2.18. The first-order valence-electron chi connectivity index (χ1n) is 6.24. The summed E-state index contributed by atoms with van der Waals surface area (Å²) in [6.45, 7) is 5.51. The maximum Gasteiger partial charge on any atom is 0.338 e. The van der Waals surface area contributed by atoms with Gasteiger partial charge in [-0.15, -0.1) is 0 Å². The normalized spacial score (nSPS) is 13.6. The smallest absolute Gasteiger partial charge is 0.338 e. The highest BCUT2D eigenvalue weighted by atomic mass is 35.5. The molecule has 0 saturated heterocycles. The van der Waals surface area contributed by atoms with E-state index in [9.17, 15) is 4.57 Å². The van der Waals surface area contributed by atoms with Gasteiger partial charge < -0.3 is 9.61 Å². The second-order valence-corrected chi connectivity index (χ2v) is 7.36. The van der Waals surface area contributed by atoms with Gasteiger partial charge in [-0.2, -0.15) is 0 Å². The van der Waals surface area contributed by atoms with E-state index < -0.39 is 7.52 Å². The van der Waals surface area contributed by atoms with Gasteiger partial charge in [-0.25, -0.2) is 0 Å². The Labute approximate surface area is 124 Å². The number of benzene rings is 2. The van der Waals surface area contributed by atoms with Gasteiger partial charge in [0.2, 0.25) is 0 Å². The van der Waals surface area contributed by atoms with Crippen LogP contribution in [0.2, 0.25) is 5.02 Å². The minimum atomic E-state index is -2.99. The highest BCUT2D eigenvalue weighted by molar-refractivity contribution is 7.60. The largest absolute Gasteiger partial charge is 0.429 e. The van der Waals surface area contributed by atoms with E-state index in [1.165, 1.54) is 0 Å².